The van der Waals surface area contributed by atoms with E-state index in [1.165, 1.54) is 12.6 Å². The Balaban J connectivity index is 1.71. The van der Waals surface area contributed by atoms with Crippen LogP contribution in [0.25, 0.3) is 11.4 Å². The molecule has 1 saturated heterocycles. The summed E-state index contributed by atoms with van der Waals surface area (Å²) < 4.78 is 0. The van der Waals surface area contributed by atoms with Crippen LogP contribution >= 0.6 is 11.6 Å². The van der Waals surface area contributed by atoms with Gasteiger partial charge in [0.15, 0.2) is 5.82 Å². The summed E-state index contributed by atoms with van der Waals surface area (Å²) in [6, 6.07) is 10.8. The van der Waals surface area contributed by atoms with Gasteiger partial charge in [-0.3, -0.25) is 15.1 Å². The fraction of sp³-hybridized carbons (Fsp3) is 0.250. The largest absolute Gasteiger partial charge is 0.341 e. The van der Waals surface area contributed by atoms with Gasteiger partial charge in [-0.1, -0.05) is 23.7 Å². The van der Waals surface area contributed by atoms with Crippen LogP contribution in [0.4, 0.5) is 11.9 Å². The number of benzene rings is 1. The Hall–Kier alpha value is -3.06. The molecule has 2 aromatic heterocycles. The molecule has 28 heavy (non-hydrogen) atoms. The van der Waals surface area contributed by atoms with Crippen LogP contribution in [0.2, 0.25) is 5.02 Å². The van der Waals surface area contributed by atoms with E-state index < -0.39 is 0 Å². The molecule has 0 bridgehead atoms. The molecule has 1 aromatic carbocycles. The molecule has 8 heteroatoms. The number of nitrogens with zero attached hydrogens (tertiary/aromatic N) is 5. The Morgan fingerprint density at radius 1 is 1.00 bits per heavy atom. The van der Waals surface area contributed by atoms with E-state index in [4.69, 9.17) is 11.6 Å². The van der Waals surface area contributed by atoms with E-state index in [-0.39, 0.29) is 11.9 Å². The number of hydrogen-bond acceptors (Lipinski definition) is 6. The molecule has 7 nitrogen and oxygen atoms in total. The second-order valence-electron chi connectivity index (χ2n) is 6.51. The number of halogens is 1. The first-order valence-electron chi connectivity index (χ1n) is 9.18. The van der Waals surface area contributed by atoms with Gasteiger partial charge in [-0.25, -0.2) is 0 Å². The van der Waals surface area contributed by atoms with Gasteiger partial charge in [-0.05, 0) is 43.5 Å². The molecule has 0 radical (unpaired) electrons. The van der Waals surface area contributed by atoms with Crippen molar-refractivity contribution in [2.75, 3.05) is 23.3 Å². The first kappa shape index (κ1) is 18.3. The maximum Gasteiger partial charge on any atom is 0.259 e. The van der Waals surface area contributed by atoms with E-state index in [0.29, 0.717) is 27.9 Å². The molecule has 0 atom stereocenters. The van der Waals surface area contributed by atoms with Gasteiger partial charge < -0.3 is 4.90 Å². The number of nitrogens with one attached hydrogen (secondary N) is 1. The van der Waals surface area contributed by atoms with Crippen molar-refractivity contribution in [3.8, 4) is 11.4 Å². The van der Waals surface area contributed by atoms with E-state index in [2.05, 4.69) is 30.2 Å². The molecule has 0 saturated carbocycles. The van der Waals surface area contributed by atoms with E-state index in [0.717, 1.165) is 25.9 Å². The van der Waals surface area contributed by atoms with Crippen LogP contribution in [0, 0.1) is 0 Å². The molecule has 1 N–H and O–H groups in total. The number of hydrogen-bond donors (Lipinski definition) is 1. The zero-order valence-electron chi connectivity index (χ0n) is 15.2. The van der Waals surface area contributed by atoms with Crippen molar-refractivity contribution >= 4 is 29.4 Å². The SMILES string of the molecule is O=C(Nc1nc(-c2ccccc2Cl)nc(N2CCCCC2)n1)c1cccnc1. The van der Waals surface area contributed by atoms with E-state index in [1.54, 1.807) is 24.4 Å². The fourth-order valence-corrected chi connectivity index (χ4v) is 3.31. The second-order valence-corrected chi connectivity index (χ2v) is 6.91. The highest BCUT2D eigenvalue weighted by Gasteiger charge is 2.19. The molecule has 0 unspecified atom stereocenters. The maximum atomic E-state index is 12.5. The van der Waals surface area contributed by atoms with Crippen molar-refractivity contribution in [2.24, 2.45) is 0 Å². The minimum Gasteiger partial charge on any atom is -0.341 e. The lowest BCUT2D eigenvalue weighted by atomic mass is 10.1. The van der Waals surface area contributed by atoms with Crippen LogP contribution in [0.1, 0.15) is 29.6 Å². The number of carbonyl (C=O) groups is 1. The Kier molecular flexibility index (Phi) is 5.43. The highest BCUT2D eigenvalue weighted by Crippen LogP contribution is 2.27. The van der Waals surface area contributed by atoms with Crippen LogP contribution in [0.15, 0.2) is 48.8 Å². The summed E-state index contributed by atoms with van der Waals surface area (Å²) in [6.07, 6.45) is 6.49. The van der Waals surface area contributed by atoms with Gasteiger partial charge >= 0.3 is 0 Å². The molecule has 3 aromatic rings. The zero-order valence-corrected chi connectivity index (χ0v) is 15.9. The van der Waals surface area contributed by atoms with Crippen LogP contribution in [0.3, 0.4) is 0 Å². The van der Waals surface area contributed by atoms with Crippen LogP contribution in [0.5, 0.6) is 0 Å². The summed E-state index contributed by atoms with van der Waals surface area (Å²) in [7, 11) is 0. The van der Waals surface area contributed by atoms with E-state index in [9.17, 15) is 4.79 Å². The van der Waals surface area contributed by atoms with Crippen molar-refractivity contribution in [3.05, 3.63) is 59.4 Å². The molecule has 0 spiro atoms. The first-order chi connectivity index (χ1) is 13.7. The predicted molar refractivity (Wildman–Crippen MR) is 109 cm³/mol. The predicted octanol–water partition coefficient (Wildman–Crippen LogP) is 3.83. The minimum atomic E-state index is -0.325. The summed E-state index contributed by atoms with van der Waals surface area (Å²) in [6.45, 7) is 1.75. The number of piperidine rings is 1. The van der Waals surface area contributed by atoms with Crippen LogP contribution < -0.4 is 10.2 Å². The van der Waals surface area contributed by atoms with Gasteiger partial charge in [0.1, 0.15) is 0 Å². The average Bonchev–Trinajstić information content (AvgIpc) is 2.75. The third-order valence-corrected chi connectivity index (χ3v) is 4.86. The van der Waals surface area contributed by atoms with Crippen LogP contribution in [-0.4, -0.2) is 38.9 Å². The third kappa shape index (κ3) is 4.09. The lowest BCUT2D eigenvalue weighted by Gasteiger charge is -2.27. The lowest BCUT2D eigenvalue weighted by molar-refractivity contribution is 0.102. The van der Waals surface area contributed by atoms with Crippen molar-refractivity contribution in [2.45, 2.75) is 19.3 Å². The molecule has 1 fully saturated rings. The number of pyridine rings is 1. The van der Waals surface area contributed by atoms with E-state index >= 15 is 0 Å². The van der Waals surface area contributed by atoms with Gasteiger partial charge in [-0.15, -0.1) is 0 Å². The monoisotopic (exact) mass is 394 g/mol. The molecular formula is C20H19ClN6O. The molecule has 142 valence electrons. The van der Waals surface area contributed by atoms with Gasteiger partial charge in [0.2, 0.25) is 11.9 Å². The first-order valence-corrected chi connectivity index (χ1v) is 9.56. The molecular weight excluding hydrogens is 376 g/mol. The van der Waals surface area contributed by atoms with Crippen LogP contribution in [-0.2, 0) is 0 Å². The second kappa shape index (κ2) is 8.31. The minimum absolute atomic E-state index is 0.194. The quantitative estimate of drug-likeness (QED) is 0.724. The maximum absolute atomic E-state index is 12.5. The number of carbonyl (C=O) groups excluding carboxylic acids is 1. The molecule has 3 heterocycles. The zero-order chi connectivity index (χ0) is 19.3. The standard InChI is InChI=1S/C20H19ClN6O/c21-16-9-3-2-8-15(16)17-23-19(25-18(28)14-7-6-10-22-13-14)26-20(24-17)27-11-4-1-5-12-27/h2-3,6-10,13H,1,4-5,11-12H2,(H,23,24,25,26,28). The van der Waals surface area contributed by atoms with Gasteiger partial charge in [0, 0.05) is 31.0 Å². The molecule has 1 aliphatic heterocycles. The van der Waals surface area contributed by atoms with Crippen molar-refractivity contribution in [1.29, 1.82) is 0 Å². The summed E-state index contributed by atoms with van der Waals surface area (Å²) in [5.74, 6) is 0.849. The van der Waals surface area contributed by atoms with Crippen molar-refractivity contribution < 1.29 is 4.79 Å². The molecule has 0 aliphatic carbocycles. The highest BCUT2D eigenvalue weighted by atomic mass is 35.5. The Morgan fingerprint density at radius 2 is 1.82 bits per heavy atom. The fourth-order valence-electron chi connectivity index (χ4n) is 3.09. The number of anilines is 2. The Labute approximate surface area is 167 Å². The molecule has 1 amide bonds. The lowest BCUT2D eigenvalue weighted by Crippen LogP contribution is -2.31. The summed E-state index contributed by atoms with van der Waals surface area (Å²) in [4.78, 5) is 32.2. The van der Waals surface area contributed by atoms with Gasteiger partial charge in [0.25, 0.3) is 5.91 Å². The third-order valence-electron chi connectivity index (χ3n) is 4.53. The summed E-state index contributed by atoms with van der Waals surface area (Å²) >= 11 is 6.34. The van der Waals surface area contributed by atoms with Gasteiger partial charge in [-0.2, -0.15) is 15.0 Å². The summed E-state index contributed by atoms with van der Waals surface area (Å²) in [5, 5.41) is 3.30. The highest BCUT2D eigenvalue weighted by molar-refractivity contribution is 6.33. The number of rotatable bonds is 4. The molecule has 1 aliphatic rings. The summed E-state index contributed by atoms with van der Waals surface area (Å²) in [5.41, 5.74) is 1.13. The van der Waals surface area contributed by atoms with Gasteiger partial charge in [0.05, 0.1) is 10.6 Å². The molecule has 4 rings (SSSR count). The van der Waals surface area contributed by atoms with E-state index in [1.807, 2.05) is 18.2 Å². The normalized spacial score (nSPS) is 14.0. The topological polar surface area (TPSA) is 83.9 Å². The van der Waals surface area contributed by atoms with Crippen molar-refractivity contribution in [1.82, 2.24) is 19.9 Å². The number of aromatic nitrogens is 4. The average molecular weight is 395 g/mol. The Bertz CT molecular complexity index is 975. The Morgan fingerprint density at radius 3 is 2.57 bits per heavy atom. The smallest absolute Gasteiger partial charge is 0.259 e. The number of amides is 1. The van der Waals surface area contributed by atoms with Crippen molar-refractivity contribution in [3.63, 3.8) is 0 Å².